The largest absolute Gasteiger partial charge is 0.355 e. The molecule has 0 spiro atoms. The first-order valence-electron chi connectivity index (χ1n) is 5.56. The number of carbonyl (C=O) groups is 2. The van der Waals surface area contributed by atoms with Crippen molar-refractivity contribution in [2.75, 3.05) is 6.54 Å². The van der Waals surface area contributed by atoms with Crippen LogP contribution in [0.3, 0.4) is 0 Å². The maximum atomic E-state index is 11.5. The van der Waals surface area contributed by atoms with E-state index in [1.807, 2.05) is 31.3 Å². The fraction of sp³-hybridized carbons (Fsp3) is 0.231. The summed E-state index contributed by atoms with van der Waals surface area (Å²) in [6.07, 6.45) is 2.64. The van der Waals surface area contributed by atoms with Gasteiger partial charge in [0.05, 0.1) is 5.52 Å². The Balaban J connectivity index is 2.41. The molecular weight excluding hydrogens is 216 g/mol. The highest BCUT2D eigenvalue weighted by Gasteiger charge is 2.08. The number of benzene rings is 1. The first-order valence-corrected chi connectivity index (χ1v) is 5.56. The lowest BCUT2D eigenvalue weighted by Gasteiger charge is -2.06. The third-order valence-corrected chi connectivity index (χ3v) is 2.63. The summed E-state index contributed by atoms with van der Waals surface area (Å²) in [5.41, 5.74) is 1.42. The molecule has 1 amide bonds. The summed E-state index contributed by atoms with van der Waals surface area (Å²) in [6, 6.07) is 7.42. The first kappa shape index (κ1) is 11.4. The third kappa shape index (κ3) is 2.20. The normalized spacial score (nSPS) is 10.4. The Kier molecular flexibility index (Phi) is 3.23. The van der Waals surface area contributed by atoms with Gasteiger partial charge in [-0.25, -0.2) is 0 Å². The van der Waals surface area contributed by atoms with Crippen LogP contribution in [-0.4, -0.2) is 23.3 Å². The van der Waals surface area contributed by atoms with Gasteiger partial charge in [-0.2, -0.15) is 0 Å². The Morgan fingerprint density at radius 3 is 2.94 bits per heavy atom. The maximum absolute atomic E-state index is 11.5. The molecule has 0 bridgehead atoms. The van der Waals surface area contributed by atoms with Crippen molar-refractivity contribution >= 4 is 23.1 Å². The zero-order valence-electron chi connectivity index (χ0n) is 9.64. The smallest absolute Gasteiger partial charge is 0.239 e. The molecule has 17 heavy (non-hydrogen) atoms. The van der Waals surface area contributed by atoms with Gasteiger partial charge in [0.15, 0.2) is 6.29 Å². The number of nitrogens with one attached hydrogen (secondary N) is 1. The van der Waals surface area contributed by atoms with Gasteiger partial charge in [0.25, 0.3) is 0 Å². The Morgan fingerprint density at radius 2 is 2.24 bits per heavy atom. The Bertz CT molecular complexity index is 558. The molecule has 0 aliphatic carbocycles. The number of aromatic nitrogens is 1. The predicted molar refractivity (Wildman–Crippen MR) is 66.0 cm³/mol. The molecule has 0 aliphatic heterocycles. The van der Waals surface area contributed by atoms with E-state index in [2.05, 4.69) is 5.32 Å². The lowest BCUT2D eigenvalue weighted by Crippen LogP contribution is -2.26. The van der Waals surface area contributed by atoms with Crippen molar-refractivity contribution in [2.45, 2.75) is 13.5 Å². The summed E-state index contributed by atoms with van der Waals surface area (Å²) < 4.78 is 1.80. The number of nitrogens with zero attached hydrogens (tertiary/aromatic N) is 1. The van der Waals surface area contributed by atoms with Crippen LogP contribution in [0.15, 0.2) is 30.5 Å². The monoisotopic (exact) mass is 230 g/mol. The van der Waals surface area contributed by atoms with E-state index in [4.69, 9.17) is 0 Å². The number of rotatable bonds is 4. The van der Waals surface area contributed by atoms with Gasteiger partial charge in [-0.15, -0.1) is 0 Å². The Hall–Kier alpha value is -2.10. The second-order valence-electron chi connectivity index (χ2n) is 3.80. The third-order valence-electron chi connectivity index (χ3n) is 2.63. The molecule has 4 heteroatoms. The van der Waals surface area contributed by atoms with Gasteiger partial charge in [-0.1, -0.05) is 12.1 Å². The standard InChI is InChI=1S/C13H14N2O2/c1-2-14-12(17)8-15-7-6-10-4-3-5-11(9-16)13(10)15/h3-7,9H,2,8H2,1H3,(H,14,17). The quantitative estimate of drug-likeness (QED) is 0.811. The van der Waals surface area contributed by atoms with Crippen molar-refractivity contribution in [3.63, 3.8) is 0 Å². The van der Waals surface area contributed by atoms with E-state index >= 15 is 0 Å². The van der Waals surface area contributed by atoms with Crippen LogP contribution in [0.2, 0.25) is 0 Å². The molecule has 1 aromatic carbocycles. The van der Waals surface area contributed by atoms with E-state index in [1.165, 1.54) is 0 Å². The number of hydrogen-bond acceptors (Lipinski definition) is 2. The second kappa shape index (κ2) is 4.82. The zero-order valence-corrected chi connectivity index (χ0v) is 9.64. The molecule has 1 heterocycles. The number of amides is 1. The van der Waals surface area contributed by atoms with Crippen LogP contribution in [0, 0.1) is 0 Å². The van der Waals surface area contributed by atoms with E-state index in [0.29, 0.717) is 12.1 Å². The average molecular weight is 230 g/mol. The van der Waals surface area contributed by atoms with E-state index in [9.17, 15) is 9.59 Å². The minimum Gasteiger partial charge on any atom is -0.355 e. The number of aldehydes is 1. The van der Waals surface area contributed by atoms with Crippen molar-refractivity contribution in [1.29, 1.82) is 0 Å². The van der Waals surface area contributed by atoms with Crippen LogP contribution in [0.1, 0.15) is 17.3 Å². The number of likely N-dealkylation sites (N-methyl/N-ethyl adjacent to an activating group) is 1. The van der Waals surface area contributed by atoms with Crippen molar-refractivity contribution in [2.24, 2.45) is 0 Å². The van der Waals surface area contributed by atoms with Crippen molar-refractivity contribution in [3.8, 4) is 0 Å². The van der Waals surface area contributed by atoms with Gasteiger partial charge in [-0.05, 0) is 19.1 Å². The van der Waals surface area contributed by atoms with Gasteiger partial charge >= 0.3 is 0 Å². The summed E-state index contributed by atoms with van der Waals surface area (Å²) >= 11 is 0. The van der Waals surface area contributed by atoms with Crippen LogP contribution in [0.4, 0.5) is 0 Å². The molecule has 0 radical (unpaired) electrons. The molecular formula is C13H14N2O2. The minimum atomic E-state index is -0.0503. The zero-order chi connectivity index (χ0) is 12.3. The van der Waals surface area contributed by atoms with Crippen molar-refractivity contribution in [1.82, 2.24) is 9.88 Å². The number of carbonyl (C=O) groups excluding carboxylic acids is 2. The topological polar surface area (TPSA) is 51.1 Å². The molecule has 4 nitrogen and oxygen atoms in total. The van der Waals surface area contributed by atoms with Crippen LogP contribution < -0.4 is 5.32 Å². The van der Waals surface area contributed by atoms with Gasteiger partial charge in [0.1, 0.15) is 6.54 Å². The van der Waals surface area contributed by atoms with E-state index in [1.54, 1.807) is 10.6 Å². The molecule has 88 valence electrons. The molecule has 0 aliphatic rings. The van der Waals surface area contributed by atoms with Gasteiger partial charge in [0, 0.05) is 23.7 Å². The summed E-state index contributed by atoms with van der Waals surface area (Å²) in [7, 11) is 0. The summed E-state index contributed by atoms with van der Waals surface area (Å²) in [5, 5.41) is 3.71. The molecule has 0 saturated carbocycles. The molecule has 2 aromatic rings. The van der Waals surface area contributed by atoms with Gasteiger partial charge in [0.2, 0.25) is 5.91 Å². The van der Waals surface area contributed by atoms with Crippen LogP contribution >= 0.6 is 0 Å². The molecule has 0 fully saturated rings. The fourth-order valence-electron chi connectivity index (χ4n) is 1.93. The second-order valence-corrected chi connectivity index (χ2v) is 3.80. The first-order chi connectivity index (χ1) is 8.26. The van der Waals surface area contributed by atoms with Crippen molar-refractivity contribution < 1.29 is 9.59 Å². The minimum absolute atomic E-state index is 0.0503. The highest BCUT2D eigenvalue weighted by atomic mass is 16.1. The molecule has 1 aromatic heterocycles. The van der Waals surface area contributed by atoms with Gasteiger partial charge in [-0.3, -0.25) is 9.59 Å². The summed E-state index contributed by atoms with van der Waals surface area (Å²) in [6.45, 7) is 2.73. The van der Waals surface area contributed by atoms with Crippen LogP contribution in [0.25, 0.3) is 10.9 Å². The van der Waals surface area contributed by atoms with Crippen LogP contribution in [0.5, 0.6) is 0 Å². The lowest BCUT2D eigenvalue weighted by molar-refractivity contribution is -0.121. The van der Waals surface area contributed by atoms with E-state index in [0.717, 1.165) is 17.2 Å². The SMILES string of the molecule is CCNC(=O)Cn1ccc2cccc(C=O)c21. The highest BCUT2D eigenvalue weighted by molar-refractivity contribution is 5.97. The van der Waals surface area contributed by atoms with E-state index < -0.39 is 0 Å². The molecule has 0 unspecified atom stereocenters. The fourth-order valence-corrected chi connectivity index (χ4v) is 1.93. The Labute approximate surface area is 99.2 Å². The maximum Gasteiger partial charge on any atom is 0.239 e. The number of hydrogen-bond donors (Lipinski definition) is 1. The number of fused-ring (bicyclic) bond motifs is 1. The summed E-state index contributed by atoms with van der Waals surface area (Å²) in [5.74, 6) is -0.0503. The Morgan fingerprint density at radius 1 is 1.41 bits per heavy atom. The predicted octanol–water partition coefficient (Wildman–Crippen LogP) is 1.59. The lowest BCUT2D eigenvalue weighted by atomic mass is 10.1. The molecule has 0 atom stereocenters. The molecule has 1 N–H and O–H groups in total. The highest BCUT2D eigenvalue weighted by Crippen LogP contribution is 2.18. The molecule has 2 rings (SSSR count). The van der Waals surface area contributed by atoms with Gasteiger partial charge < -0.3 is 9.88 Å². The summed E-state index contributed by atoms with van der Waals surface area (Å²) in [4.78, 5) is 22.5. The molecule has 0 saturated heterocycles. The van der Waals surface area contributed by atoms with Crippen LogP contribution in [-0.2, 0) is 11.3 Å². The average Bonchev–Trinajstić information content (AvgIpc) is 2.73. The van der Waals surface area contributed by atoms with E-state index in [-0.39, 0.29) is 12.5 Å². The van der Waals surface area contributed by atoms with Crippen molar-refractivity contribution in [3.05, 3.63) is 36.0 Å². The number of para-hydroxylation sites is 1.